The van der Waals surface area contributed by atoms with Crippen molar-refractivity contribution in [3.8, 4) is 0 Å². The molecule has 4 nitrogen and oxygen atoms in total. The molecule has 0 saturated carbocycles. The highest BCUT2D eigenvalue weighted by Gasteiger charge is 2.21. The Labute approximate surface area is 125 Å². The molecule has 0 aromatic heterocycles. The van der Waals surface area contributed by atoms with Crippen molar-refractivity contribution in [1.29, 1.82) is 0 Å². The molecule has 1 amide bonds. The highest BCUT2D eigenvalue weighted by atomic mass is 35.5. The number of ether oxygens (including phenoxy) is 1. The highest BCUT2D eigenvalue weighted by Crippen LogP contribution is 2.23. The maximum absolute atomic E-state index is 12.2. The summed E-state index contributed by atoms with van der Waals surface area (Å²) < 4.78 is 5.35. The smallest absolute Gasteiger partial charge is 0.229 e. The Hall–Kier alpha value is -1.10. The molecule has 0 spiro atoms. The molecule has 1 saturated heterocycles. The first-order valence-electron chi connectivity index (χ1n) is 6.88. The van der Waals surface area contributed by atoms with Crippen LogP contribution in [0.25, 0.3) is 0 Å². The molecule has 1 N–H and O–H groups in total. The molecule has 20 heavy (non-hydrogen) atoms. The van der Waals surface area contributed by atoms with E-state index in [0.29, 0.717) is 6.61 Å². The topological polar surface area (TPSA) is 41.6 Å². The van der Waals surface area contributed by atoms with Gasteiger partial charge < -0.3 is 15.0 Å². The molecule has 1 aliphatic heterocycles. The van der Waals surface area contributed by atoms with E-state index in [1.54, 1.807) is 0 Å². The number of anilines is 1. The first-order chi connectivity index (χ1) is 9.56. The summed E-state index contributed by atoms with van der Waals surface area (Å²) in [6.45, 7) is 2.02. The Morgan fingerprint density at radius 1 is 1.50 bits per heavy atom. The summed E-state index contributed by atoms with van der Waals surface area (Å²) in [5, 5.41) is 3.68. The molecule has 1 heterocycles. The number of nitrogens with one attached hydrogen (secondary N) is 1. The summed E-state index contributed by atoms with van der Waals surface area (Å²) in [5.41, 5.74) is 1.80. The zero-order chi connectivity index (χ0) is 14.5. The van der Waals surface area contributed by atoms with Crippen molar-refractivity contribution < 1.29 is 9.53 Å². The minimum absolute atomic E-state index is 0.0304. The minimum Gasteiger partial charge on any atom is -0.381 e. The molecule has 0 bridgehead atoms. The number of amides is 1. The minimum atomic E-state index is -0.0447. The number of hydrogen-bond acceptors (Lipinski definition) is 3. The maximum Gasteiger partial charge on any atom is 0.229 e. The van der Waals surface area contributed by atoms with Gasteiger partial charge in [0, 0.05) is 23.9 Å². The van der Waals surface area contributed by atoms with Gasteiger partial charge >= 0.3 is 0 Å². The van der Waals surface area contributed by atoms with E-state index in [1.165, 1.54) is 0 Å². The Balaban J connectivity index is 2.03. The van der Waals surface area contributed by atoms with E-state index in [4.69, 9.17) is 16.3 Å². The predicted octanol–water partition coefficient (Wildman–Crippen LogP) is 2.77. The third-order valence-electron chi connectivity index (χ3n) is 3.33. The third-order valence-corrected chi connectivity index (χ3v) is 3.70. The van der Waals surface area contributed by atoms with E-state index in [1.807, 2.05) is 37.2 Å². The second-order valence-corrected chi connectivity index (χ2v) is 5.85. The molecule has 5 heteroatoms. The van der Waals surface area contributed by atoms with Crippen LogP contribution in [0.2, 0.25) is 5.02 Å². The number of carbonyl (C=O) groups is 1. The number of nitrogens with zero attached hydrogens (tertiary/aromatic N) is 1. The second-order valence-electron chi connectivity index (χ2n) is 5.45. The molecule has 1 aliphatic rings. The summed E-state index contributed by atoms with van der Waals surface area (Å²) in [6, 6.07) is 5.60. The fourth-order valence-corrected chi connectivity index (χ4v) is 2.48. The normalized spacial score (nSPS) is 19.1. The van der Waals surface area contributed by atoms with E-state index in [9.17, 15) is 4.79 Å². The van der Waals surface area contributed by atoms with Crippen LogP contribution in [0.15, 0.2) is 18.2 Å². The van der Waals surface area contributed by atoms with Crippen molar-refractivity contribution in [1.82, 2.24) is 4.90 Å². The Kier molecular flexibility index (Phi) is 5.40. The number of halogens is 1. The van der Waals surface area contributed by atoms with Gasteiger partial charge in [0.25, 0.3) is 0 Å². The lowest BCUT2D eigenvalue weighted by molar-refractivity contribution is -0.123. The van der Waals surface area contributed by atoms with Gasteiger partial charge in [-0.05, 0) is 50.7 Å². The van der Waals surface area contributed by atoms with Crippen molar-refractivity contribution in [2.75, 3.05) is 32.6 Å². The van der Waals surface area contributed by atoms with Crippen LogP contribution in [0.4, 0.5) is 5.69 Å². The number of benzene rings is 1. The average molecular weight is 297 g/mol. The zero-order valence-electron chi connectivity index (χ0n) is 12.0. The van der Waals surface area contributed by atoms with Crippen LogP contribution >= 0.6 is 11.6 Å². The first-order valence-corrected chi connectivity index (χ1v) is 7.26. The van der Waals surface area contributed by atoms with Gasteiger partial charge in [0.05, 0.1) is 12.5 Å². The first kappa shape index (κ1) is 15.3. The van der Waals surface area contributed by atoms with Crippen LogP contribution in [0, 0.1) is 5.92 Å². The lowest BCUT2D eigenvalue weighted by atomic mass is 10.0. The van der Waals surface area contributed by atoms with Crippen LogP contribution in [0.5, 0.6) is 0 Å². The maximum atomic E-state index is 12.2. The quantitative estimate of drug-likeness (QED) is 0.929. The lowest BCUT2D eigenvalue weighted by Gasteiger charge is -2.21. The molecule has 1 atom stereocenters. The molecule has 1 aromatic rings. The predicted molar refractivity (Wildman–Crippen MR) is 81.0 cm³/mol. The van der Waals surface area contributed by atoms with E-state index < -0.39 is 0 Å². The summed E-state index contributed by atoms with van der Waals surface area (Å²) in [7, 11) is 3.97. The molecule has 1 aromatic carbocycles. The summed E-state index contributed by atoms with van der Waals surface area (Å²) in [6.07, 6.45) is 1.84. The van der Waals surface area contributed by atoms with Gasteiger partial charge in [0.2, 0.25) is 5.91 Å². The van der Waals surface area contributed by atoms with E-state index in [-0.39, 0.29) is 11.8 Å². The summed E-state index contributed by atoms with van der Waals surface area (Å²) in [5.74, 6) is -0.0143. The standard InChI is InChI=1S/C15H21ClN2O2/c1-18(2)9-12-8-13(5-6-14(12)16)17-15(19)11-4-3-7-20-10-11/h5-6,8,11H,3-4,7,9-10H2,1-2H3,(H,17,19)/t11-/m0/s1. The van der Waals surface area contributed by atoms with Gasteiger partial charge in [-0.15, -0.1) is 0 Å². The van der Waals surface area contributed by atoms with Gasteiger partial charge in [-0.3, -0.25) is 4.79 Å². The molecular weight excluding hydrogens is 276 g/mol. The highest BCUT2D eigenvalue weighted by molar-refractivity contribution is 6.31. The SMILES string of the molecule is CN(C)Cc1cc(NC(=O)[C@H]2CCCOC2)ccc1Cl. The van der Waals surface area contributed by atoms with E-state index >= 15 is 0 Å². The van der Waals surface area contributed by atoms with Gasteiger partial charge in [-0.1, -0.05) is 11.6 Å². The van der Waals surface area contributed by atoms with Gasteiger partial charge in [-0.25, -0.2) is 0 Å². The zero-order valence-corrected chi connectivity index (χ0v) is 12.7. The molecule has 0 aliphatic carbocycles. The Morgan fingerprint density at radius 3 is 2.95 bits per heavy atom. The fraction of sp³-hybridized carbons (Fsp3) is 0.533. The van der Waals surface area contributed by atoms with Gasteiger partial charge in [0.1, 0.15) is 0 Å². The van der Waals surface area contributed by atoms with Crippen LogP contribution < -0.4 is 5.32 Å². The van der Waals surface area contributed by atoms with Crippen molar-refractivity contribution in [3.05, 3.63) is 28.8 Å². The van der Waals surface area contributed by atoms with Crippen LogP contribution in [0.1, 0.15) is 18.4 Å². The molecule has 2 rings (SSSR count). The number of hydrogen-bond donors (Lipinski definition) is 1. The molecule has 1 fully saturated rings. The van der Waals surface area contributed by atoms with Crippen LogP contribution in [-0.2, 0) is 16.1 Å². The monoisotopic (exact) mass is 296 g/mol. The van der Waals surface area contributed by atoms with Crippen molar-refractivity contribution in [3.63, 3.8) is 0 Å². The Morgan fingerprint density at radius 2 is 2.30 bits per heavy atom. The van der Waals surface area contributed by atoms with Crippen LogP contribution in [-0.4, -0.2) is 38.1 Å². The Bertz CT molecular complexity index is 471. The van der Waals surface area contributed by atoms with Crippen molar-refractivity contribution in [2.45, 2.75) is 19.4 Å². The van der Waals surface area contributed by atoms with Gasteiger partial charge in [-0.2, -0.15) is 0 Å². The lowest BCUT2D eigenvalue weighted by Crippen LogP contribution is -2.30. The van der Waals surface area contributed by atoms with Gasteiger partial charge in [0.15, 0.2) is 0 Å². The molecule has 0 unspecified atom stereocenters. The summed E-state index contributed by atoms with van der Waals surface area (Å²) >= 11 is 6.17. The fourth-order valence-electron chi connectivity index (χ4n) is 2.31. The van der Waals surface area contributed by atoms with Crippen molar-refractivity contribution >= 4 is 23.2 Å². The molecular formula is C15H21ClN2O2. The average Bonchev–Trinajstić information content (AvgIpc) is 2.43. The van der Waals surface area contributed by atoms with Crippen LogP contribution in [0.3, 0.4) is 0 Å². The second kappa shape index (κ2) is 7.07. The largest absolute Gasteiger partial charge is 0.381 e. The number of carbonyl (C=O) groups excluding carboxylic acids is 1. The number of rotatable bonds is 4. The molecule has 0 radical (unpaired) electrons. The summed E-state index contributed by atoms with van der Waals surface area (Å²) in [4.78, 5) is 14.2. The third kappa shape index (κ3) is 4.20. The van der Waals surface area contributed by atoms with Crippen molar-refractivity contribution in [2.24, 2.45) is 5.92 Å². The van der Waals surface area contributed by atoms with E-state index in [0.717, 1.165) is 42.3 Å². The molecule has 110 valence electrons. The van der Waals surface area contributed by atoms with E-state index in [2.05, 4.69) is 5.32 Å².